The molecule has 0 bridgehead atoms. The molecule has 5 nitrogen and oxygen atoms in total. The lowest BCUT2D eigenvalue weighted by atomic mass is 10.1. The zero-order valence-corrected chi connectivity index (χ0v) is 17.9. The molecule has 150 valence electrons. The second kappa shape index (κ2) is 9.92. The number of piperazine rings is 1. The van der Waals surface area contributed by atoms with Crippen LogP contribution in [0.2, 0.25) is 10.0 Å². The topological polar surface area (TPSA) is 52.7 Å². The SMILES string of the molecule is C=C(C)C=CC(=CC)NC(=O)c1c(Cl)cc(C(=O)N2CCN(C)CC2)cc1Cl. The minimum Gasteiger partial charge on any atom is -0.336 e. The maximum Gasteiger partial charge on any atom is 0.258 e. The molecule has 1 saturated heterocycles. The van der Waals surface area contributed by atoms with Crippen molar-refractivity contribution in [1.82, 2.24) is 15.1 Å². The number of hydrogen-bond acceptors (Lipinski definition) is 3. The molecule has 1 N–H and O–H groups in total. The Morgan fingerprint density at radius 1 is 1.11 bits per heavy atom. The lowest BCUT2D eigenvalue weighted by Gasteiger charge is -2.32. The van der Waals surface area contributed by atoms with Crippen molar-refractivity contribution in [3.63, 3.8) is 0 Å². The number of carbonyl (C=O) groups excluding carboxylic acids is 2. The Bertz CT molecular complexity index is 815. The van der Waals surface area contributed by atoms with Crippen molar-refractivity contribution < 1.29 is 9.59 Å². The second-order valence-electron chi connectivity index (χ2n) is 6.79. The Hall–Kier alpha value is -2.08. The molecule has 0 aliphatic carbocycles. The van der Waals surface area contributed by atoms with E-state index in [0.717, 1.165) is 18.7 Å². The van der Waals surface area contributed by atoms with Crippen molar-refractivity contribution in [2.75, 3.05) is 33.2 Å². The van der Waals surface area contributed by atoms with E-state index in [1.54, 1.807) is 30.1 Å². The number of benzene rings is 1. The highest BCUT2D eigenvalue weighted by atomic mass is 35.5. The number of nitrogens with one attached hydrogen (secondary N) is 1. The van der Waals surface area contributed by atoms with Crippen LogP contribution in [0, 0.1) is 0 Å². The lowest BCUT2D eigenvalue weighted by molar-refractivity contribution is 0.0663. The van der Waals surface area contributed by atoms with Crippen molar-refractivity contribution in [2.24, 2.45) is 0 Å². The quantitative estimate of drug-likeness (QED) is 0.726. The summed E-state index contributed by atoms with van der Waals surface area (Å²) in [7, 11) is 2.02. The van der Waals surface area contributed by atoms with Gasteiger partial charge in [0.25, 0.3) is 11.8 Å². The maximum atomic E-state index is 12.7. The van der Waals surface area contributed by atoms with Crippen LogP contribution >= 0.6 is 23.2 Å². The fourth-order valence-corrected chi connectivity index (χ4v) is 3.40. The molecule has 1 heterocycles. The number of amides is 2. The van der Waals surface area contributed by atoms with E-state index in [2.05, 4.69) is 16.8 Å². The summed E-state index contributed by atoms with van der Waals surface area (Å²) in [5, 5.41) is 3.04. The van der Waals surface area contributed by atoms with Gasteiger partial charge in [-0.05, 0) is 39.1 Å². The molecule has 0 atom stereocenters. The van der Waals surface area contributed by atoms with Gasteiger partial charge in [0.2, 0.25) is 0 Å². The van der Waals surface area contributed by atoms with E-state index < -0.39 is 5.91 Å². The molecule has 1 aromatic carbocycles. The van der Waals surface area contributed by atoms with E-state index in [1.807, 2.05) is 14.0 Å². The van der Waals surface area contributed by atoms with Gasteiger partial charge in [-0.15, -0.1) is 0 Å². The fraction of sp³-hybridized carbons (Fsp3) is 0.333. The van der Waals surface area contributed by atoms with Gasteiger partial charge in [0, 0.05) is 37.4 Å². The Labute approximate surface area is 176 Å². The number of carbonyl (C=O) groups is 2. The van der Waals surface area contributed by atoms with Crippen molar-refractivity contribution in [3.8, 4) is 0 Å². The number of halogens is 2. The predicted molar refractivity (Wildman–Crippen MR) is 115 cm³/mol. The van der Waals surface area contributed by atoms with Crippen LogP contribution in [0.1, 0.15) is 34.6 Å². The molecule has 0 spiro atoms. The lowest BCUT2D eigenvalue weighted by Crippen LogP contribution is -2.47. The van der Waals surface area contributed by atoms with Gasteiger partial charge >= 0.3 is 0 Å². The normalized spacial score (nSPS) is 15.8. The first kappa shape index (κ1) is 22.2. The minimum atomic E-state index is -0.437. The molecule has 2 amide bonds. The van der Waals surface area contributed by atoms with Gasteiger partial charge in [-0.1, -0.05) is 47.5 Å². The summed E-state index contributed by atoms with van der Waals surface area (Å²) < 4.78 is 0. The first-order chi connectivity index (χ1) is 13.2. The van der Waals surface area contributed by atoms with E-state index >= 15 is 0 Å². The number of rotatable bonds is 5. The van der Waals surface area contributed by atoms with Gasteiger partial charge in [0.05, 0.1) is 15.6 Å². The standard InChI is InChI=1S/C21H25Cl2N3O2/c1-5-16(7-6-14(2)3)24-20(27)19-17(22)12-15(13-18(19)23)21(28)26-10-8-25(4)9-11-26/h5-7,12-13H,2,8-11H2,1,3-4H3,(H,24,27). The van der Waals surface area contributed by atoms with Gasteiger partial charge in [0.1, 0.15) is 0 Å². The molecule has 28 heavy (non-hydrogen) atoms. The molecular weight excluding hydrogens is 397 g/mol. The predicted octanol–water partition coefficient (Wildman–Crippen LogP) is 4.15. The second-order valence-corrected chi connectivity index (χ2v) is 7.60. The van der Waals surface area contributed by atoms with Crippen molar-refractivity contribution in [3.05, 3.63) is 69.4 Å². The van der Waals surface area contributed by atoms with Crippen LogP contribution in [-0.4, -0.2) is 54.8 Å². The smallest absolute Gasteiger partial charge is 0.258 e. The number of hydrogen-bond donors (Lipinski definition) is 1. The van der Waals surface area contributed by atoms with Crippen molar-refractivity contribution in [2.45, 2.75) is 13.8 Å². The Morgan fingerprint density at radius 3 is 2.18 bits per heavy atom. The highest BCUT2D eigenvalue weighted by molar-refractivity contribution is 6.40. The fourth-order valence-electron chi connectivity index (χ4n) is 2.74. The van der Waals surface area contributed by atoms with Crippen molar-refractivity contribution in [1.29, 1.82) is 0 Å². The number of likely N-dealkylation sites (N-methyl/N-ethyl adjacent to an activating group) is 1. The van der Waals surface area contributed by atoms with Gasteiger partial charge in [-0.2, -0.15) is 0 Å². The van der Waals surface area contributed by atoms with Gasteiger partial charge < -0.3 is 15.1 Å². The van der Waals surface area contributed by atoms with Crippen LogP contribution in [0.3, 0.4) is 0 Å². The Kier molecular flexibility index (Phi) is 7.87. The number of nitrogens with zero attached hydrogens (tertiary/aromatic N) is 2. The molecule has 1 aliphatic heterocycles. The highest BCUT2D eigenvalue weighted by Crippen LogP contribution is 2.28. The largest absolute Gasteiger partial charge is 0.336 e. The minimum absolute atomic E-state index is 0.137. The number of allylic oxidation sites excluding steroid dienone is 4. The summed E-state index contributed by atoms with van der Waals surface area (Å²) in [6.45, 7) is 10.4. The van der Waals surface area contributed by atoms with E-state index in [0.29, 0.717) is 24.4 Å². The summed E-state index contributed by atoms with van der Waals surface area (Å²) in [5.74, 6) is -0.574. The molecule has 1 aromatic rings. The molecule has 1 aliphatic rings. The van der Waals surface area contributed by atoms with E-state index in [9.17, 15) is 9.59 Å². The zero-order valence-electron chi connectivity index (χ0n) is 16.4. The van der Waals surface area contributed by atoms with E-state index in [1.165, 1.54) is 12.1 Å². The van der Waals surface area contributed by atoms with Crippen LogP contribution in [0.25, 0.3) is 0 Å². The highest BCUT2D eigenvalue weighted by Gasteiger charge is 2.23. The molecule has 7 heteroatoms. The molecule has 0 radical (unpaired) electrons. The van der Waals surface area contributed by atoms with E-state index in [4.69, 9.17) is 23.2 Å². The molecule has 0 aromatic heterocycles. The third kappa shape index (κ3) is 5.71. The average Bonchev–Trinajstić information content (AvgIpc) is 2.64. The van der Waals surface area contributed by atoms with Crippen LogP contribution in [0.15, 0.2) is 48.2 Å². The van der Waals surface area contributed by atoms with Crippen LogP contribution in [0.4, 0.5) is 0 Å². The summed E-state index contributed by atoms with van der Waals surface area (Å²) in [6.07, 6.45) is 5.29. The summed E-state index contributed by atoms with van der Waals surface area (Å²) >= 11 is 12.6. The molecule has 2 rings (SSSR count). The monoisotopic (exact) mass is 421 g/mol. The third-order valence-corrected chi connectivity index (χ3v) is 5.02. The van der Waals surface area contributed by atoms with Gasteiger partial charge in [-0.3, -0.25) is 9.59 Å². The van der Waals surface area contributed by atoms with E-state index in [-0.39, 0.29) is 21.5 Å². The summed E-state index contributed by atoms with van der Waals surface area (Å²) in [4.78, 5) is 29.3. The molecule has 0 unspecified atom stereocenters. The summed E-state index contributed by atoms with van der Waals surface area (Å²) in [5.41, 5.74) is 1.97. The van der Waals surface area contributed by atoms with Gasteiger partial charge in [0.15, 0.2) is 0 Å². The van der Waals surface area contributed by atoms with Crippen molar-refractivity contribution >= 4 is 35.0 Å². The summed E-state index contributed by atoms with van der Waals surface area (Å²) in [6, 6.07) is 3.00. The Balaban J connectivity index is 2.20. The first-order valence-electron chi connectivity index (χ1n) is 9.01. The zero-order chi connectivity index (χ0) is 20.8. The van der Waals surface area contributed by atoms with Gasteiger partial charge in [-0.25, -0.2) is 0 Å². The Morgan fingerprint density at radius 2 is 1.68 bits per heavy atom. The first-order valence-corrected chi connectivity index (χ1v) is 9.76. The average molecular weight is 422 g/mol. The van der Waals surface area contributed by atoms with Crippen LogP contribution < -0.4 is 5.32 Å². The van der Waals surface area contributed by atoms with Crippen LogP contribution in [-0.2, 0) is 0 Å². The maximum absolute atomic E-state index is 12.7. The molecule has 1 fully saturated rings. The van der Waals surface area contributed by atoms with Crippen LogP contribution in [0.5, 0.6) is 0 Å². The molecular formula is C21H25Cl2N3O2. The third-order valence-electron chi connectivity index (χ3n) is 4.42. The molecule has 0 saturated carbocycles.